The lowest BCUT2D eigenvalue weighted by Crippen LogP contribution is -2.20. The lowest BCUT2D eigenvalue weighted by Gasteiger charge is -2.08. The predicted octanol–water partition coefficient (Wildman–Crippen LogP) is 3.78. The van der Waals surface area contributed by atoms with Crippen LogP contribution >= 0.6 is 15.9 Å². The molecule has 0 atom stereocenters. The predicted molar refractivity (Wildman–Crippen MR) is 79.4 cm³/mol. The molecule has 0 aromatic heterocycles. The van der Waals surface area contributed by atoms with Gasteiger partial charge in [-0.15, -0.1) is 0 Å². The number of rotatable bonds is 4. The Bertz CT molecular complexity index is 567. The zero-order chi connectivity index (χ0) is 13.7. The van der Waals surface area contributed by atoms with Crippen LogP contribution in [0.5, 0.6) is 5.75 Å². The lowest BCUT2D eigenvalue weighted by molar-refractivity contribution is -0.118. The Balaban J connectivity index is 1.88. The number of ether oxygens (including phenoxy) is 1. The molecule has 0 bridgehead atoms. The highest BCUT2D eigenvalue weighted by molar-refractivity contribution is 9.10. The maximum absolute atomic E-state index is 11.7. The molecule has 4 heteroatoms. The summed E-state index contributed by atoms with van der Waals surface area (Å²) in [6.07, 6.45) is 0. The van der Waals surface area contributed by atoms with Gasteiger partial charge in [-0.05, 0) is 47.1 Å². The smallest absolute Gasteiger partial charge is 0.262 e. The fourth-order valence-electron chi connectivity index (χ4n) is 1.54. The normalized spacial score (nSPS) is 10.0. The zero-order valence-electron chi connectivity index (χ0n) is 10.5. The Kier molecular flexibility index (Phi) is 4.58. The van der Waals surface area contributed by atoms with Crippen LogP contribution in [-0.4, -0.2) is 12.5 Å². The average molecular weight is 320 g/mol. The monoisotopic (exact) mass is 319 g/mol. The summed E-state index contributed by atoms with van der Waals surface area (Å²) in [5, 5.41) is 2.78. The van der Waals surface area contributed by atoms with Gasteiger partial charge in [0, 0.05) is 5.69 Å². The van der Waals surface area contributed by atoms with Gasteiger partial charge in [0.2, 0.25) is 0 Å². The molecule has 0 saturated heterocycles. The van der Waals surface area contributed by atoms with Crippen molar-refractivity contribution in [3.63, 3.8) is 0 Å². The van der Waals surface area contributed by atoms with Crippen molar-refractivity contribution in [3.05, 3.63) is 58.6 Å². The van der Waals surface area contributed by atoms with E-state index in [1.54, 1.807) is 0 Å². The maximum Gasteiger partial charge on any atom is 0.262 e. The minimum Gasteiger partial charge on any atom is -0.483 e. The number of halogens is 1. The van der Waals surface area contributed by atoms with E-state index >= 15 is 0 Å². The fourth-order valence-corrected chi connectivity index (χ4v) is 1.94. The van der Waals surface area contributed by atoms with E-state index in [0.717, 1.165) is 15.7 Å². The molecule has 2 aromatic rings. The minimum atomic E-state index is -0.181. The van der Waals surface area contributed by atoms with Gasteiger partial charge >= 0.3 is 0 Å². The van der Waals surface area contributed by atoms with Crippen LogP contribution in [0.3, 0.4) is 0 Å². The molecule has 2 rings (SSSR count). The summed E-state index contributed by atoms with van der Waals surface area (Å²) in [7, 11) is 0. The number of hydrogen-bond donors (Lipinski definition) is 1. The van der Waals surface area contributed by atoms with Crippen LogP contribution in [0.1, 0.15) is 5.56 Å². The van der Waals surface area contributed by atoms with Gasteiger partial charge in [0.1, 0.15) is 5.75 Å². The highest BCUT2D eigenvalue weighted by Crippen LogP contribution is 2.23. The van der Waals surface area contributed by atoms with Crippen molar-refractivity contribution in [2.75, 3.05) is 11.9 Å². The van der Waals surface area contributed by atoms with E-state index in [4.69, 9.17) is 4.74 Å². The Morgan fingerprint density at radius 2 is 1.84 bits per heavy atom. The van der Waals surface area contributed by atoms with Crippen molar-refractivity contribution in [2.24, 2.45) is 0 Å². The summed E-state index contributed by atoms with van der Waals surface area (Å²) in [4.78, 5) is 11.7. The first-order valence-electron chi connectivity index (χ1n) is 5.89. The van der Waals surface area contributed by atoms with Crippen LogP contribution in [0.4, 0.5) is 5.69 Å². The van der Waals surface area contributed by atoms with Crippen LogP contribution in [-0.2, 0) is 4.79 Å². The molecule has 0 heterocycles. The van der Waals surface area contributed by atoms with Gasteiger partial charge in [-0.3, -0.25) is 4.79 Å². The third kappa shape index (κ3) is 4.10. The van der Waals surface area contributed by atoms with Crippen LogP contribution in [0.25, 0.3) is 0 Å². The van der Waals surface area contributed by atoms with Crippen LogP contribution in [0, 0.1) is 6.92 Å². The fraction of sp³-hybridized carbons (Fsp3) is 0.133. The molecule has 0 saturated carbocycles. The van der Waals surface area contributed by atoms with Crippen molar-refractivity contribution in [2.45, 2.75) is 6.92 Å². The number of amides is 1. The molecule has 19 heavy (non-hydrogen) atoms. The molecule has 0 aliphatic heterocycles. The first-order valence-corrected chi connectivity index (χ1v) is 6.68. The van der Waals surface area contributed by atoms with E-state index in [9.17, 15) is 4.79 Å². The van der Waals surface area contributed by atoms with E-state index in [-0.39, 0.29) is 12.5 Å². The Labute approximate surface area is 120 Å². The molecule has 0 fully saturated rings. The molecule has 3 nitrogen and oxygen atoms in total. The highest BCUT2D eigenvalue weighted by Gasteiger charge is 2.05. The summed E-state index contributed by atoms with van der Waals surface area (Å²) in [6.45, 7) is 1.98. The van der Waals surface area contributed by atoms with Crippen molar-refractivity contribution in [1.29, 1.82) is 0 Å². The van der Waals surface area contributed by atoms with Gasteiger partial charge in [0.05, 0.1) is 4.47 Å². The van der Waals surface area contributed by atoms with Crippen LogP contribution in [0.2, 0.25) is 0 Å². The summed E-state index contributed by atoms with van der Waals surface area (Å²) in [6, 6.07) is 15.1. The van der Waals surface area contributed by atoms with Crippen molar-refractivity contribution >= 4 is 27.5 Å². The van der Waals surface area contributed by atoms with E-state index in [2.05, 4.69) is 21.2 Å². The third-order valence-electron chi connectivity index (χ3n) is 2.53. The number of nitrogens with one attached hydrogen (secondary N) is 1. The summed E-state index contributed by atoms with van der Waals surface area (Å²) in [5.74, 6) is 0.473. The van der Waals surface area contributed by atoms with Gasteiger partial charge in [-0.2, -0.15) is 0 Å². The number of anilines is 1. The molecular formula is C15H14BrNO2. The van der Waals surface area contributed by atoms with Crippen LogP contribution in [0.15, 0.2) is 53.0 Å². The molecule has 0 unspecified atom stereocenters. The second kappa shape index (κ2) is 6.38. The van der Waals surface area contributed by atoms with Gasteiger partial charge in [0.25, 0.3) is 5.91 Å². The minimum absolute atomic E-state index is 0.0174. The van der Waals surface area contributed by atoms with Crippen molar-refractivity contribution < 1.29 is 9.53 Å². The standard InChI is InChI=1S/C15H14BrNO2/c1-11-6-8-12(9-7-11)17-15(18)10-19-14-5-3-2-4-13(14)16/h2-9H,10H2,1H3,(H,17,18). The van der Waals surface area contributed by atoms with Gasteiger partial charge in [-0.1, -0.05) is 29.8 Å². The largest absolute Gasteiger partial charge is 0.483 e. The second-order valence-corrected chi connectivity index (χ2v) is 4.99. The Hall–Kier alpha value is -1.81. The second-order valence-electron chi connectivity index (χ2n) is 4.13. The maximum atomic E-state index is 11.7. The number of carbonyl (C=O) groups excluding carboxylic acids is 1. The van der Waals surface area contributed by atoms with Gasteiger partial charge < -0.3 is 10.1 Å². The zero-order valence-corrected chi connectivity index (χ0v) is 12.1. The van der Waals surface area contributed by atoms with Crippen molar-refractivity contribution in [3.8, 4) is 5.75 Å². The first kappa shape index (κ1) is 13.6. The molecule has 0 radical (unpaired) electrons. The molecule has 98 valence electrons. The lowest BCUT2D eigenvalue weighted by atomic mass is 10.2. The molecule has 1 N–H and O–H groups in total. The number of para-hydroxylation sites is 1. The Morgan fingerprint density at radius 3 is 2.53 bits per heavy atom. The summed E-state index contributed by atoms with van der Waals surface area (Å²) in [5.41, 5.74) is 1.92. The van der Waals surface area contributed by atoms with E-state index in [1.807, 2.05) is 55.5 Å². The highest BCUT2D eigenvalue weighted by atomic mass is 79.9. The average Bonchev–Trinajstić information content (AvgIpc) is 2.40. The van der Waals surface area contributed by atoms with E-state index in [0.29, 0.717) is 5.75 Å². The molecule has 0 aliphatic rings. The number of carbonyl (C=O) groups is 1. The SMILES string of the molecule is Cc1ccc(NC(=O)COc2ccccc2Br)cc1. The molecule has 0 spiro atoms. The number of aryl methyl sites for hydroxylation is 1. The number of hydrogen-bond acceptors (Lipinski definition) is 2. The Morgan fingerprint density at radius 1 is 1.16 bits per heavy atom. The quantitative estimate of drug-likeness (QED) is 0.931. The van der Waals surface area contributed by atoms with Crippen molar-refractivity contribution in [1.82, 2.24) is 0 Å². The topological polar surface area (TPSA) is 38.3 Å². The summed E-state index contributed by atoms with van der Waals surface area (Å²) >= 11 is 3.36. The van der Waals surface area contributed by atoms with Gasteiger partial charge in [0.15, 0.2) is 6.61 Å². The number of benzene rings is 2. The molecule has 0 aliphatic carbocycles. The van der Waals surface area contributed by atoms with E-state index < -0.39 is 0 Å². The van der Waals surface area contributed by atoms with Crippen LogP contribution < -0.4 is 10.1 Å². The molecular weight excluding hydrogens is 306 g/mol. The third-order valence-corrected chi connectivity index (χ3v) is 3.19. The van der Waals surface area contributed by atoms with Gasteiger partial charge in [-0.25, -0.2) is 0 Å². The molecule has 1 amide bonds. The molecule has 2 aromatic carbocycles. The summed E-state index contributed by atoms with van der Waals surface area (Å²) < 4.78 is 6.27. The van der Waals surface area contributed by atoms with E-state index in [1.165, 1.54) is 0 Å². The first-order chi connectivity index (χ1) is 9.15.